The number of hydrogen-bond donors (Lipinski definition) is 2. The summed E-state index contributed by atoms with van der Waals surface area (Å²) in [5, 5.41) is 0. The maximum atomic E-state index is 5.51. The van der Waals surface area contributed by atoms with Crippen LogP contribution in [0.5, 0.6) is 6.01 Å². The maximum absolute atomic E-state index is 5.51. The minimum atomic E-state index is -0.244. The SMILES string of the molecule is COC(C)(C)CCOc1nc(NN)nc(N(C)C)n1. The van der Waals surface area contributed by atoms with E-state index in [9.17, 15) is 0 Å². The second kappa shape index (κ2) is 6.48. The number of methoxy groups -OCH3 is 1. The molecule has 0 atom stereocenters. The Balaban J connectivity index is 2.70. The van der Waals surface area contributed by atoms with Crippen LogP contribution < -0.4 is 20.9 Å². The number of nitrogen functional groups attached to an aromatic ring is 1. The summed E-state index contributed by atoms with van der Waals surface area (Å²) in [6, 6.07) is 0.235. The summed E-state index contributed by atoms with van der Waals surface area (Å²) in [5.41, 5.74) is 2.14. The number of ether oxygens (including phenoxy) is 2. The number of nitrogens with zero attached hydrogens (tertiary/aromatic N) is 4. The lowest BCUT2D eigenvalue weighted by Crippen LogP contribution is -2.25. The van der Waals surface area contributed by atoms with Crippen molar-refractivity contribution in [3.05, 3.63) is 0 Å². The van der Waals surface area contributed by atoms with Crippen LogP contribution in [0.25, 0.3) is 0 Å². The van der Waals surface area contributed by atoms with Gasteiger partial charge in [0.15, 0.2) is 0 Å². The number of aromatic nitrogens is 3. The lowest BCUT2D eigenvalue weighted by atomic mass is 10.1. The first-order valence-corrected chi connectivity index (χ1v) is 5.96. The zero-order valence-corrected chi connectivity index (χ0v) is 12.1. The van der Waals surface area contributed by atoms with Crippen molar-refractivity contribution in [2.45, 2.75) is 25.9 Å². The average molecular weight is 270 g/mol. The van der Waals surface area contributed by atoms with Gasteiger partial charge < -0.3 is 14.4 Å². The standard InChI is InChI=1S/C11H22N6O2/c1-11(2,18-5)6-7-19-10-14-8(16-12)13-9(15-10)17(3)4/h6-7,12H2,1-5H3,(H,13,14,15,16). The molecule has 0 saturated heterocycles. The molecule has 8 heteroatoms. The summed E-state index contributed by atoms with van der Waals surface area (Å²) in [6.45, 7) is 4.42. The third kappa shape index (κ3) is 4.84. The lowest BCUT2D eigenvalue weighted by Gasteiger charge is -2.22. The van der Waals surface area contributed by atoms with Crippen molar-refractivity contribution in [1.82, 2.24) is 15.0 Å². The van der Waals surface area contributed by atoms with Crippen LogP contribution in [0, 0.1) is 0 Å². The van der Waals surface area contributed by atoms with Gasteiger partial charge >= 0.3 is 6.01 Å². The molecule has 0 radical (unpaired) electrons. The number of rotatable bonds is 7. The number of nitrogens with one attached hydrogen (secondary N) is 1. The van der Waals surface area contributed by atoms with E-state index in [2.05, 4.69) is 20.4 Å². The zero-order chi connectivity index (χ0) is 14.5. The van der Waals surface area contributed by atoms with Crippen molar-refractivity contribution < 1.29 is 9.47 Å². The molecule has 19 heavy (non-hydrogen) atoms. The Hall–Kier alpha value is -1.67. The molecule has 0 bridgehead atoms. The Morgan fingerprint density at radius 1 is 1.26 bits per heavy atom. The minimum Gasteiger partial charge on any atom is -0.463 e. The highest BCUT2D eigenvalue weighted by molar-refractivity contribution is 5.35. The van der Waals surface area contributed by atoms with Crippen molar-refractivity contribution in [2.24, 2.45) is 5.84 Å². The van der Waals surface area contributed by atoms with Gasteiger partial charge in [-0.2, -0.15) is 15.0 Å². The van der Waals surface area contributed by atoms with Gasteiger partial charge in [-0.05, 0) is 13.8 Å². The molecule has 0 aromatic carbocycles. The largest absolute Gasteiger partial charge is 0.463 e. The Morgan fingerprint density at radius 2 is 1.95 bits per heavy atom. The lowest BCUT2D eigenvalue weighted by molar-refractivity contribution is 0.00468. The van der Waals surface area contributed by atoms with E-state index in [1.54, 1.807) is 12.0 Å². The highest BCUT2D eigenvalue weighted by Gasteiger charge is 2.17. The van der Waals surface area contributed by atoms with Crippen molar-refractivity contribution in [1.29, 1.82) is 0 Å². The molecule has 1 rings (SSSR count). The average Bonchev–Trinajstić information content (AvgIpc) is 2.38. The first kappa shape index (κ1) is 15.4. The van der Waals surface area contributed by atoms with E-state index in [0.29, 0.717) is 12.6 Å². The van der Waals surface area contributed by atoms with Crippen LogP contribution in [-0.2, 0) is 4.74 Å². The van der Waals surface area contributed by atoms with Crippen molar-refractivity contribution in [3.8, 4) is 6.01 Å². The second-order valence-electron chi connectivity index (χ2n) is 4.84. The Morgan fingerprint density at radius 3 is 2.47 bits per heavy atom. The highest BCUT2D eigenvalue weighted by atomic mass is 16.5. The molecule has 0 unspecified atom stereocenters. The van der Waals surface area contributed by atoms with Gasteiger partial charge in [0.05, 0.1) is 12.2 Å². The van der Waals surface area contributed by atoms with E-state index in [-0.39, 0.29) is 17.6 Å². The van der Waals surface area contributed by atoms with Gasteiger partial charge in [-0.15, -0.1) is 0 Å². The molecule has 0 amide bonds. The van der Waals surface area contributed by atoms with Crippen LogP contribution in [-0.4, -0.2) is 48.4 Å². The van der Waals surface area contributed by atoms with Crippen LogP contribution in [0.4, 0.5) is 11.9 Å². The van der Waals surface area contributed by atoms with E-state index in [0.717, 1.165) is 6.42 Å². The fourth-order valence-electron chi connectivity index (χ4n) is 1.17. The quantitative estimate of drug-likeness (QED) is 0.543. The molecule has 1 heterocycles. The van der Waals surface area contributed by atoms with Gasteiger partial charge in [0, 0.05) is 27.6 Å². The third-order valence-corrected chi connectivity index (χ3v) is 2.62. The van der Waals surface area contributed by atoms with Gasteiger partial charge in [0.2, 0.25) is 11.9 Å². The van der Waals surface area contributed by atoms with E-state index < -0.39 is 0 Å². The van der Waals surface area contributed by atoms with Gasteiger partial charge in [0.1, 0.15) is 0 Å². The van der Waals surface area contributed by atoms with Crippen LogP contribution >= 0.6 is 0 Å². The molecular formula is C11H22N6O2. The summed E-state index contributed by atoms with van der Waals surface area (Å²) in [6.07, 6.45) is 0.720. The molecule has 0 aliphatic rings. The molecule has 108 valence electrons. The van der Waals surface area contributed by atoms with Crippen molar-refractivity contribution in [3.63, 3.8) is 0 Å². The topological polar surface area (TPSA) is 98.4 Å². The minimum absolute atomic E-state index is 0.235. The van der Waals surface area contributed by atoms with E-state index in [4.69, 9.17) is 15.3 Å². The molecule has 1 aromatic rings. The highest BCUT2D eigenvalue weighted by Crippen LogP contribution is 2.15. The summed E-state index contributed by atoms with van der Waals surface area (Å²) in [4.78, 5) is 14.0. The van der Waals surface area contributed by atoms with Crippen LogP contribution in [0.2, 0.25) is 0 Å². The molecule has 0 aliphatic heterocycles. The molecule has 8 nitrogen and oxygen atoms in total. The Kier molecular flexibility index (Phi) is 5.25. The fraction of sp³-hybridized carbons (Fsp3) is 0.727. The first-order valence-electron chi connectivity index (χ1n) is 5.96. The number of nitrogens with two attached hydrogens (primary N) is 1. The predicted molar refractivity (Wildman–Crippen MR) is 73.2 cm³/mol. The third-order valence-electron chi connectivity index (χ3n) is 2.62. The van der Waals surface area contributed by atoms with E-state index in [1.807, 2.05) is 27.9 Å². The fourth-order valence-corrected chi connectivity index (χ4v) is 1.17. The van der Waals surface area contributed by atoms with E-state index in [1.165, 1.54) is 0 Å². The monoisotopic (exact) mass is 270 g/mol. The number of hydrazine groups is 1. The first-order chi connectivity index (χ1) is 8.88. The van der Waals surface area contributed by atoms with Gasteiger partial charge in [-0.1, -0.05) is 0 Å². The molecule has 0 fully saturated rings. The number of hydrogen-bond acceptors (Lipinski definition) is 8. The van der Waals surface area contributed by atoms with Crippen molar-refractivity contribution >= 4 is 11.9 Å². The Labute approximate surface area is 113 Å². The van der Waals surface area contributed by atoms with Gasteiger partial charge in [0.25, 0.3) is 0 Å². The van der Waals surface area contributed by atoms with Gasteiger partial charge in [-0.25, -0.2) is 5.84 Å². The molecule has 1 aromatic heterocycles. The van der Waals surface area contributed by atoms with Crippen molar-refractivity contribution in [2.75, 3.05) is 38.1 Å². The summed E-state index contributed by atoms with van der Waals surface area (Å²) >= 11 is 0. The molecular weight excluding hydrogens is 248 g/mol. The summed E-state index contributed by atoms with van der Waals surface area (Å²) in [5.74, 6) is 6.05. The molecule has 0 saturated carbocycles. The van der Waals surface area contributed by atoms with Crippen LogP contribution in [0.15, 0.2) is 0 Å². The molecule has 0 aliphatic carbocycles. The maximum Gasteiger partial charge on any atom is 0.323 e. The predicted octanol–water partition coefficient (Wildman–Crippen LogP) is 0.417. The zero-order valence-electron chi connectivity index (χ0n) is 12.1. The van der Waals surface area contributed by atoms with Crippen LogP contribution in [0.1, 0.15) is 20.3 Å². The summed E-state index contributed by atoms with van der Waals surface area (Å²) in [7, 11) is 5.32. The molecule has 3 N–H and O–H groups in total. The van der Waals surface area contributed by atoms with Gasteiger partial charge in [-0.3, -0.25) is 5.43 Å². The number of anilines is 2. The smallest absolute Gasteiger partial charge is 0.323 e. The molecule has 0 spiro atoms. The Bertz CT molecular complexity index is 410. The van der Waals surface area contributed by atoms with E-state index >= 15 is 0 Å². The second-order valence-corrected chi connectivity index (χ2v) is 4.84. The van der Waals surface area contributed by atoms with Crippen LogP contribution in [0.3, 0.4) is 0 Å². The summed E-state index contributed by atoms with van der Waals surface area (Å²) < 4.78 is 10.8. The normalized spacial score (nSPS) is 11.3.